The number of fused-ring (bicyclic) bond motifs is 11. The number of aromatic nitrogens is 3. The molecule has 0 aliphatic carbocycles. The van der Waals surface area contributed by atoms with E-state index < -0.39 is 11.6 Å². The lowest BCUT2D eigenvalue weighted by Crippen LogP contribution is -2.13. The third-order valence-electron chi connectivity index (χ3n) is 25.2. The zero-order chi connectivity index (χ0) is 81.3. The molecule has 0 fully saturated rings. The number of hydrogen-bond donors (Lipinski definition) is 0. The summed E-state index contributed by atoms with van der Waals surface area (Å²) in [7, 11) is 0. The Balaban J connectivity index is 0.000000139. The van der Waals surface area contributed by atoms with Crippen molar-refractivity contribution in [3.05, 3.63) is 454 Å². The van der Waals surface area contributed by atoms with Gasteiger partial charge in [-0.2, -0.15) is 0 Å². The van der Waals surface area contributed by atoms with Crippen LogP contribution in [0.4, 0.5) is 42.9 Å². The largest absolute Gasteiger partial charge is 0.311 e. The Kier molecular flexibility index (Phi) is 16.6. The van der Waals surface area contributed by atoms with Crippen molar-refractivity contribution >= 4 is 164 Å². The van der Waals surface area contributed by atoms with E-state index in [0.717, 1.165) is 56.0 Å². The lowest BCUT2D eigenvalue weighted by atomic mass is 9.88. The lowest BCUT2D eigenvalue weighted by molar-refractivity contribution is 0.619. The van der Waals surface area contributed by atoms with Crippen LogP contribution in [0.3, 0.4) is 0 Å². The first-order valence-corrected chi connectivity index (χ1v) is 41.9. The number of rotatable bonds is 13. The molecule has 0 spiro atoms. The molecule has 3 heterocycles. The van der Waals surface area contributed by atoms with Gasteiger partial charge >= 0.3 is 0 Å². The van der Waals surface area contributed by atoms with Gasteiger partial charge in [-0.1, -0.05) is 291 Å². The van der Waals surface area contributed by atoms with E-state index in [-0.39, 0.29) is 11.4 Å². The van der Waals surface area contributed by atoms with Crippen LogP contribution in [0.5, 0.6) is 0 Å². The van der Waals surface area contributed by atoms with E-state index in [2.05, 4.69) is 401 Å². The predicted molar refractivity (Wildman–Crippen MR) is 514 cm³/mol. The molecule has 123 heavy (non-hydrogen) atoms. The van der Waals surface area contributed by atoms with Gasteiger partial charge in [-0.05, 0) is 261 Å². The molecule has 25 rings (SSSR count). The molecule has 0 amide bonds. The van der Waals surface area contributed by atoms with Gasteiger partial charge in [-0.25, -0.2) is 8.78 Å². The molecule has 7 heteroatoms. The summed E-state index contributed by atoms with van der Waals surface area (Å²) in [5.74, 6) is -0.858. The van der Waals surface area contributed by atoms with E-state index in [9.17, 15) is 0 Å². The summed E-state index contributed by atoms with van der Waals surface area (Å²) in [6.07, 6.45) is 0. The quantitative estimate of drug-likeness (QED) is 0.107. The van der Waals surface area contributed by atoms with Crippen LogP contribution in [-0.4, -0.2) is 13.7 Å². The molecular formula is C116H73F2N5. The lowest BCUT2D eigenvalue weighted by Gasteiger charge is -2.26. The Hall–Kier alpha value is -16.2. The van der Waals surface area contributed by atoms with Gasteiger partial charge in [0.2, 0.25) is 0 Å². The average Bonchev–Trinajstić information content (AvgIpc) is 1.62. The minimum absolute atomic E-state index is 0.279. The number of hydrogen-bond acceptors (Lipinski definition) is 2. The first-order valence-electron chi connectivity index (χ1n) is 41.9. The maximum Gasteiger partial charge on any atom is 0.147 e. The van der Waals surface area contributed by atoms with Crippen molar-refractivity contribution in [2.45, 2.75) is 0 Å². The minimum atomic E-state index is -0.429. The average molecular weight is 1570 g/mol. The predicted octanol–water partition coefficient (Wildman–Crippen LogP) is 32.3. The van der Waals surface area contributed by atoms with Crippen LogP contribution in [0.1, 0.15) is 0 Å². The van der Waals surface area contributed by atoms with E-state index in [1.807, 2.05) is 12.1 Å². The first kappa shape index (κ1) is 70.9. The molecule has 0 saturated heterocycles. The van der Waals surface area contributed by atoms with Gasteiger partial charge in [0, 0.05) is 72.1 Å². The van der Waals surface area contributed by atoms with Crippen LogP contribution in [0.25, 0.3) is 192 Å². The SMILES string of the molecule is Fc1ccccc1N(c1ccc(-c2ccc3ccc4c5c(ccc2c35)cc2c4c3ccccc3n2-c2cc(-c3ccccc3)cc(-c3ccccc3)c2)cc1)c1ccccc1F.c1ccc(N(c2ccccc2)c2ccc(-c3ccc4ccc5c6c(ccc3c46)cc3c5c4ccccc4n3-c3ccc4c(c3)c3ccccc3n4-c3ccccc3)cc2)cc1. The zero-order valence-corrected chi connectivity index (χ0v) is 66.6. The van der Waals surface area contributed by atoms with Gasteiger partial charge in [0.25, 0.3) is 0 Å². The van der Waals surface area contributed by atoms with Crippen LogP contribution in [0, 0.1) is 11.6 Å². The van der Waals surface area contributed by atoms with Gasteiger partial charge in [0.15, 0.2) is 0 Å². The van der Waals surface area contributed by atoms with E-state index in [1.54, 1.807) is 41.3 Å². The van der Waals surface area contributed by atoms with Crippen molar-refractivity contribution in [2.24, 2.45) is 0 Å². The van der Waals surface area contributed by atoms with E-state index in [0.29, 0.717) is 5.69 Å². The second kappa shape index (κ2) is 28.8. The molecule has 0 aliphatic rings. The van der Waals surface area contributed by atoms with Gasteiger partial charge in [-0.3, -0.25) is 0 Å². The Labute approximate surface area is 707 Å². The fourth-order valence-corrected chi connectivity index (χ4v) is 19.9. The summed E-state index contributed by atoms with van der Waals surface area (Å²) in [5.41, 5.74) is 24.4. The van der Waals surface area contributed by atoms with Crippen LogP contribution in [0.2, 0.25) is 0 Å². The van der Waals surface area contributed by atoms with Crippen molar-refractivity contribution < 1.29 is 8.78 Å². The van der Waals surface area contributed by atoms with Gasteiger partial charge in [-0.15, -0.1) is 0 Å². The summed E-state index contributed by atoms with van der Waals surface area (Å²) in [6, 6.07) is 156. The highest BCUT2D eigenvalue weighted by molar-refractivity contribution is 6.36. The number of benzene rings is 22. The van der Waals surface area contributed by atoms with Crippen LogP contribution >= 0.6 is 0 Å². The highest BCUT2D eigenvalue weighted by atomic mass is 19.1. The summed E-state index contributed by atoms with van der Waals surface area (Å²) < 4.78 is 38.0. The second-order valence-corrected chi connectivity index (χ2v) is 32.0. The fraction of sp³-hybridized carbons (Fsp3) is 0. The number of nitrogens with zero attached hydrogens (tertiary/aromatic N) is 5. The second-order valence-electron chi connectivity index (χ2n) is 32.0. The summed E-state index contributed by atoms with van der Waals surface area (Å²) in [6.45, 7) is 0. The molecule has 25 aromatic rings. The monoisotopic (exact) mass is 1570 g/mol. The van der Waals surface area contributed by atoms with Crippen molar-refractivity contribution in [3.8, 4) is 61.6 Å². The van der Waals surface area contributed by atoms with Crippen molar-refractivity contribution in [3.63, 3.8) is 0 Å². The van der Waals surface area contributed by atoms with Crippen LogP contribution < -0.4 is 9.80 Å². The molecule has 5 nitrogen and oxygen atoms in total. The van der Waals surface area contributed by atoms with Crippen molar-refractivity contribution in [2.75, 3.05) is 9.80 Å². The number of halogens is 2. The van der Waals surface area contributed by atoms with E-state index in [1.165, 1.54) is 165 Å². The first-order chi connectivity index (χ1) is 60.9. The zero-order valence-electron chi connectivity index (χ0n) is 66.6. The summed E-state index contributed by atoms with van der Waals surface area (Å²) in [5, 5.41) is 22.4. The van der Waals surface area contributed by atoms with E-state index >= 15 is 8.78 Å². The highest BCUT2D eigenvalue weighted by Crippen LogP contribution is 2.50. The third kappa shape index (κ3) is 11.6. The highest BCUT2D eigenvalue weighted by Gasteiger charge is 2.26. The Morgan fingerprint density at radius 3 is 1.02 bits per heavy atom. The smallest absolute Gasteiger partial charge is 0.147 e. The molecule has 0 radical (unpaired) electrons. The maximum absolute atomic E-state index is 15.3. The minimum Gasteiger partial charge on any atom is -0.311 e. The van der Waals surface area contributed by atoms with Gasteiger partial charge < -0.3 is 23.5 Å². The van der Waals surface area contributed by atoms with Gasteiger partial charge in [0.05, 0.1) is 44.5 Å². The van der Waals surface area contributed by atoms with Crippen LogP contribution in [0.15, 0.2) is 443 Å². The molecular weight excluding hydrogens is 1500 g/mol. The molecule has 0 N–H and O–H groups in total. The molecule has 0 unspecified atom stereocenters. The molecule has 0 aliphatic heterocycles. The summed E-state index contributed by atoms with van der Waals surface area (Å²) >= 11 is 0. The fourth-order valence-electron chi connectivity index (χ4n) is 19.9. The van der Waals surface area contributed by atoms with Gasteiger partial charge in [0.1, 0.15) is 11.6 Å². The Bertz CT molecular complexity index is 8290. The molecule has 0 saturated carbocycles. The summed E-state index contributed by atoms with van der Waals surface area (Å²) in [4.78, 5) is 3.96. The normalized spacial score (nSPS) is 11.8. The molecule has 3 aromatic heterocycles. The number of anilines is 6. The topological polar surface area (TPSA) is 21.3 Å². The maximum atomic E-state index is 15.3. The molecule has 0 bridgehead atoms. The number of para-hydroxylation sites is 8. The third-order valence-corrected chi connectivity index (χ3v) is 25.2. The standard InChI is InChI=1S/C58H36F2N2.C58H37N3/c59-50-18-8-11-21-53(50)61(54-22-12-9-19-51(54)60)44-28-23-39(24-29-44)46-30-25-40-26-32-49-57-41(27-31-47(46)56(40)57)36-55-58(49)48-17-7-10-20-52(48)62(55)45-34-42(37-13-3-1-4-14-37)33-43(35-45)38-15-5-2-6-16-38;1-4-14-41(15-5-1)59(42-16-6-2-7-17-42)44-29-24-38(25-30-44)46-32-26-39-27-34-50-57-40(28-33-48(46)56(39)57)36-55-58(50)49-21-11-13-23-53(49)61(55)45-31-35-54-51(37-45)47-20-10-12-22-52(47)60(54)43-18-8-3-9-19-43/h1-36H;1-37H. The molecule has 22 aromatic carbocycles. The molecule has 576 valence electrons. The Morgan fingerprint density at radius 1 is 0.171 bits per heavy atom. The Morgan fingerprint density at radius 2 is 0.528 bits per heavy atom. The van der Waals surface area contributed by atoms with Crippen molar-refractivity contribution in [1.82, 2.24) is 13.7 Å². The van der Waals surface area contributed by atoms with E-state index in [4.69, 9.17) is 0 Å². The molecule has 0 atom stereocenters. The van der Waals surface area contributed by atoms with Crippen molar-refractivity contribution in [1.29, 1.82) is 0 Å². The van der Waals surface area contributed by atoms with Crippen LogP contribution in [-0.2, 0) is 0 Å².